The first kappa shape index (κ1) is 14.8. The van der Waals surface area contributed by atoms with Crippen LogP contribution in [0.3, 0.4) is 0 Å². The lowest BCUT2D eigenvalue weighted by Gasteiger charge is -2.11. The largest absolute Gasteiger partial charge is 0.419 e. The van der Waals surface area contributed by atoms with Crippen molar-refractivity contribution in [2.45, 2.75) is 6.18 Å². The average Bonchev–Trinajstić information content (AvgIpc) is 2.69. The first-order chi connectivity index (χ1) is 9.70. The molecule has 1 aromatic heterocycles. The summed E-state index contributed by atoms with van der Waals surface area (Å²) in [6.45, 7) is 0. The Morgan fingerprint density at radius 2 is 2.05 bits per heavy atom. The van der Waals surface area contributed by atoms with Crippen LogP contribution < -0.4 is 11.1 Å². The summed E-state index contributed by atoms with van der Waals surface area (Å²) in [5.41, 5.74) is 3.86. The number of halogens is 4. The van der Waals surface area contributed by atoms with Gasteiger partial charge in [-0.2, -0.15) is 18.3 Å². The number of carbonyl (C=O) groups is 1. The summed E-state index contributed by atoms with van der Waals surface area (Å²) in [4.78, 5) is 11.9. The van der Waals surface area contributed by atoms with Crippen molar-refractivity contribution in [3.63, 3.8) is 0 Å². The lowest BCUT2D eigenvalue weighted by Crippen LogP contribution is -2.17. The molecule has 0 saturated heterocycles. The Hall–Kier alpha value is -2.58. The molecule has 0 saturated carbocycles. The standard InChI is InChI=1S/C12H10F4N4O/c1-20-10(9(17)5-18-20)19-11(21)6-2-3-8(13)7(4-6)12(14,15)16/h2-5H,17H2,1H3,(H,19,21). The van der Waals surface area contributed by atoms with Crippen molar-refractivity contribution in [2.24, 2.45) is 7.05 Å². The van der Waals surface area contributed by atoms with Crippen molar-refractivity contribution < 1.29 is 22.4 Å². The number of nitrogen functional groups attached to an aromatic ring is 1. The van der Waals surface area contributed by atoms with Gasteiger partial charge in [-0.1, -0.05) is 0 Å². The minimum absolute atomic E-state index is 0.137. The van der Waals surface area contributed by atoms with E-state index >= 15 is 0 Å². The third-order valence-electron chi connectivity index (χ3n) is 2.73. The van der Waals surface area contributed by atoms with Crippen molar-refractivity contribution in [2.75, 3.05) is 11.1 Å². The van der Waals surface area contributed by atoms with Crippen LogP contribution in [0.15, 0.2) is 24.4 Å². The van der Waals surface area contributed by atoms with Gasteiger partial charge in [-0.3, -0.25) is 9.48 Å². The Bertz CT molecular complexity index is 674. The average molecular weight is 302 g/mol. The maximum Gasteiger partial charge on any atom is 0.419 e. The molecule has 0 fully saturated rings. The van der Waals surface area contributed by atoms with E-state index in [4.69, 9.17) is 5.73 Å². The molecule has 0 aliphatic carbocycles. The fourth-order valence-corrected chi connectivity index (χ4v) is 1.67. The molecule has 2 rings (SSSR count). The van der Waals surface area contributed by atoms with Gasteiger partial charge in [-0.15, -0.1) is 0 Å². The van der Waals surface area contributed by atoms with E-state index < -0.39 is 23.5 Å². The summed E-state index contributed by atoms with van der Waals surface area (Å²) in [7, 11) is 1.50. The maximum absolute atomic E-state index is 13.1. The molecule has 0 aliphatic heterocycles. The maximum atomic E-state index is 13.1. The van der Waals surface area contributed by atoms with Crippen LogP contribution in [0.5, 0.6) is 0 Å². The molecule has 0 aliphatic rings. The third kappa shape index (κ3) is 2.96. The first-order valence-electron chi connectivity index (χ1n) is 5.65. The number of benzene rings is 1. The SMILES string of the molecule is Cn1ncc(N)c1NC(=O)c1ccc(F)c(C(F)(F)F)c1. The topological polar surface area (TPSA) is 72.9 Å². The molecule has 9 heteroatoms. The molecule has 0 atom stereocenters. The lowest BCUT2D eigenvalue weighted by molar-refractivity contribution is -0.140. The van der Waals surface area contributed by atoms with Crippen LogP contribution in [0, 0.1) is 5.82 Å². The number of hydrogen-bond acceptors (Lipinski definition) is 3. The highest BCUT2D eigenvalue weighted by Gasteiger charge is 2.34. The zero-order chi connectivity index (χ0) is 15.8. The van der Waals surface area contributed by atoms with Crippen molar-refractivity contribution in [3.8, 4) is 0 Å². The Kier molecular flexibility index (Phi) is 3.58. The van der Waals surface area contributed by atoms with E-state index in [1.807, 2.05) is 0 Å². The number of anilines is 2. The van der Waals surface area contributed by atoms with Crippen molar-refractivity contribution in [3.05, 3.63) is 41.3 Å². The van der Waals surface area contributed by atoms with Gasteiger partial charge in [-0.25, -0.2) is 4.39 Å². The molecule has 1 amide bonds. The third-order valence-corrected chi connectivity index (χ3v) is 2.73. The normalized spacial score (nSPS) is 11.5. The fourth-order valence-electron chi connectivity index (χ4n) is 1.67. The van der Waals surface area contributed by atoms with Crippen molar-refractivity contribution in [1.82, 2.24) is 9.78 Å². The highest BCUT2D eigenvalue weighted by Crippen LogP contribution is 2.32. The van der Waals surface area contributed by atoms with Gasteiger partial charge in [-0.05, 0) is 18.2 Å². The summed E-state index contributed by atoms with van der Waals surface area (Å²) in [5, 5.41) is 6.09. The van der Waals surface area contributed by atoms with Crippen LogP contribution in [0.1, 0.15) is 15.9 Å². The van der Waals surface area contributed by atoms with Gasteiger partial charge in [0.15, 0.2) is 5.82 Å². The Morgan fingerprint density at radius 1 is 1.38 bits per heavy atom. The number of nitrogens with two attached hydrogens (primary N) is 1. The molecular weight excluding hydrogens is 292 g/mol. The van der Waals surface area contributed by atoms with Crippen LogP contribution in [0.25, 0.3) is 0 Å². The molecule has 1 aromatic carbocycles. The number of amides is 1. The molecule has 0 bridgehead atoms. The van der Waals surface area contributed by atoms with Gasteiger partial charge >= 0.3 is 6.18 Å². The van der Waals surface area contributed by atoms with Crippen LogP contribution in [0.4, 0.5) is 29.1 Å². The second-order valence-corrected chi connectivity index (χ2v) is 4.22. The summed E-state index contributed by atoms with van der Waals surface area (Å²) < 4.78 is 52.2. The number of aryl methyl sites for hydroxylation is 1. The Labute approximate surface area is 116 Å². The van der Waals surface area contributed by atoms with Crippen molar-refractivity contribution >= 4 is 17.4 Å². The van der Waals surface area contributed by atoms with E-state index in [0.29, 0.717) is 12.1 Å². The molecule has 3 N–H and O–H groups in total. The number of rotatable bonds is 2. The zero-order valence-electron chi connectivity index (χ0n) is 10.7. The van der Waals surface area contributed by atoms with Crippen LogP contribution >= 0.6 is 0 Å². The minimum Gasteiger partial charge on any atom is -0.394 e. The molecule has 0 radical (unpaired) electrons. The highest BCUT2D eigenvalue weighted by molar-refractivity contribution is 6.05. The van der Waals surface area contributed by atoms with Gasteiger partial charge in [0.2, 0.25) is 0 Å². The molecule has 0 unspecified atom stereocenters. The highest BCUT2D eigenvalue weighted by atomic mass is 19.4. The van der Waals surface area contributed by atoms with E-state index in [0.717, 1.165) is 6.07 Å². The van der Waals surface area contributed by atoms with Crippen LogP contribution in [-0.4, -0.2) is 15.7 Å². The number of carbonyl (C=O) groups excluding carboxylic acids is 1. The number of aromatic nitrogens is 2. The second-order valence-electron chi connectivity index (χ2n) is 4.22. The fraction of sp³-hybridized carbons (Fsp3) is 0.167. The van der Waals surface area contributed by atoms with E-state index in [9.17, 15) is 22.4 Å². The van der Waals surface area contributed by atoms with E-state index in [1.54, 1.807) is 0 Å². The minimum atomic E-state index is -4.88. The summed E-state index contributed by atoms with van der Waals surface area (Å²) in [5.74, 6) is -2.16. The quantitative estimate of drug-likeness (QED) is 0.837. The Morgan fingerprint density at radius 3 is 2.57 bits per heavy atom. The van der Waals surface area contributed by atoms with Gasteiger partial charge in [0, 0.05) is 12.6 Å². The number of alkyl halides is 3. The van der Waals surface area contributed by atoms with Gasteiger partial charge in [0.05, 0.1) is 17.4 Å². The predicted molar refractivity (Wildman–Crippen MR) is 67.0 cm³/mol. The van der Waals surface area contributed by atoms with Crippen LogP contribution in [0.2, 0.25) is 0 Å². The summed E-state index contributed by atoms with van der Waals surface area (Å²) in [6.07, 6.45) is -3.60. The second kappa shape index (κ2) is 5.08. The van der Waals surface area contributed by atoms with E-state index in [1.165, 1.54) is 17.9 Å². The molecular formula is C12H10F4N4O. The predicted octanol–water partition coefficient (Wildman–Crippen LogP) is 2.41. The van der Waals surface area contributed by atoms with E-state index in [-0.39, 0.29) is 17.1 Å². The number of nitrogens with one attached hydrogen (secondary N) is 1. The molecule has 112 valence electrons. The summed E-state index contributed by atoms with van der Waals surface area (Å²) in [6, 6.07) is 1.98. The van der Waals surface area contributed by atoms with Gasteiger partial charge < -0.3 is 11.1 Å². The molecule has 21 heavy (non-hydrogen) atoms. The molecule has 2 aromatic rings. The van der Waals surface area contributed by atoms with Crippen LogP contribution in [-0.2, 0) is 13.2 Å². The zero-order valence-corrected chi connectivity index (χ0v) is 10.7. The molecule has 0 spiro atoms. The molecule has 5 nitrogen and oxygen atoms in total. The lowest BCUT2D eigenvalue weighted by atomic mass is 10.1. The van der Waals surface area contributed by atoms with E-state index in [2.05, 4.69) is 10.4 Å². The summed E-state index contributed by atoms with van der Waals surface area (Å²) >= 11 is 0. The van der Waals surface area contributed by atoms with Gasteiger partial charge in [0.25, 0.3) is 5.91 Å². The number of nitrogens with zero attached hydrogens (tertiary/aromatic N) is 2. The van der Waals surface area contributed by atoms with Gasteiger partial charge in [0.1, 0.15) is 5.82 Å². The van der Waals surface area contributed by atoms with Crippen molar-refractivity contribution in [1.29, 1.82) is 0 Å². The monoisotopic (exact) mass is 302 g/mol. The Balaban J connectivity index is 2.33. The molecule has 1 heterocycles. The first-order valence-corrected chi connectivity index (χ1v) is 5.65. The smallest absolute Gasteiger partial charge is 0.394 e. The number of hydrogen-bond donors (Lipinski definition) is 2.